The molecule has 140 valence electrons. The molecule has 5 nitrogen and oxygen atoms in total. The van der Waals surface area contributed by atoms with Crippen molar-refractivity contribution in [2.24, 2.45) is 0 Å². The van der Waals surface area contributed by atoms with Crippen LogP contribution in [0.25, 0.3) is 10.8 Å². The van der Waals surface area contributed by atoms with Crippen LogP contribution in [0.3, 0.4) is 0 Å². The highest BCUT2D eigenvalue weighted by molar-refractivity contribution is 7.92. The molecule has 27 heavy (non-hydrogen) atoms. The summed E-state index contributed by atoms with van der Waals surface area (Å²) in [6, 6.07) is 20.7. The Labute approximate surface area is 159 Å². The average molecular weight is 402 g/mol. The van der Waals surface area contributed by atoms with Gasteiger partial charge in [-0.15, -0.1) is 0 Å². The quantitative estimate of drug-likeness (QED) is 0.674. The molecule has 3 aromatic rings. The van der Waals surface area contributed by atoms with Gasteiger partial charge in [0.15, 0.2) is 9.84 Å². The minimum atomic E-state index is -3.74. The number of nitrogens with zero attached hydrogens (tertiary/aromatic N) is 1. The maximum atomic E-state index is 13.0. The van der Waals surface area contributed by atoms with Gasteiger partial charge >= 0.3 is 0 Å². The smallest absolute Gasteiger partial charge is 0.223 e. The maximum Gasteiger partial charge on any atom is 0.243 e. The minimum absolute atomic E-state index is 0.0214. The summed E-state index contributed by atoms with van der Waals surface area (Å²) in [6.07, 6.45) is 0.296. The number of sulfone groups is 1. The van der Waals surface area contributed by atoms with Crippen molar-refractivity contribution in [3.63, 3.8) is 0 Å². The number of hydrogen-bond acceptors (Lipinski definition) is 4. The van der Waals surface area contributed by atoms with Crippen molar-refractivity contribution in [1.29, 1.82) is 0 Å². The molecule has 1 aliphatic rings. The van der Waals surface area contributed by atoms with Gasteiger partial charge in [0.25, 0.3) is 0 Å². The summed E-state index contributed by atoms with van der Waals surface area (Å²) in [4.78, 5) is 0.430. The molecule has 3 aromatic carbocycles. The summed E-state index contributed by atoms with van der Waals surface area (Å²) in [5.41, 5.74) is 0. The molecule has 0 saturated carbocycles. The Morgan fingerprint density at radius 1 is 0.741 bits per heavy atom. The van der Waals surface area contributed by atoms with Gasteiger partial charge in [-0.2, -0.15) is 4.31 Å². The first-order valence-electron chi connectivity index (χ1n) is 8.67. The molecule has 0 amide bonds. The first-order valence-corrected chi connectivity index (χ1v) is 11.7. The fourth-order valence-electron chi connectivity index (χ4n) is 3.45. The lowest BCUT2D eigenvalue weighted by molar-refractivity contribution is 0.476. The molecule has 7 heteroatoms. The Hall–Kier alpha value is -2.22. The van der Waals surface area contributed by atoms with E-state index in [1.54, 1.807) is 48.5 Å². The van der Waals surface area contributed by atoms with E-state index in [1.165, 1.54) is 4.31 Å². The second kappa shape index (κ2) is 6.74. The zero-order chi connectivity index (χ0) is 19.1. The van der Waals surface area contributed by atoms with E-state index in [0.717, 1.165) is 10.8 Å². The van der Waals surface area contributed by atoms with E-state index in [9.17, 15) is 16.8 Å². The molecule has 1 aliphatic heterocycles. The van der Waals surface area contributed by atoms with E-state index >= 15 is 0 Å². The van der Waals surface area contributed by atoms with Gasteiger partial charge in [0.05, 0.1) is 15.0 Å². The van der Waals surface area contributed by atoms with Gasteiger partial charge in [0.1, 0.15) is 0 Å². The van der Waals surface area contributed by atoms with Crippen LogP contribution in [0.2, 0.25) is 0 Å². The molecule has 0 radical (unpaired) electrons. The van der Waals surface area contributed by atoms with Gasteiger partial charge in [0.2, 0.25) is 10.0 Å². The van der Waals surface area contributed by atoms with Crippen molar-refractivity contribution in [3.05, 3.63) is 72.8 Å². The Morgan fingerprint density at radius 2 is 1.41 bits per heavy atom. The third kappa shape index (κ3) is 3.26. The SMILES string of the molecule is O=S(=O)(c1ccccc1)C1CCN(S(=O)(=O)c2ccc3ccccc3c2)C1. The van der Waals surface area contributed by atoms with Crippen LogP contribution in [-0.2, 0) is 19.9 Å². The van der Waals surface area contributed by atoms with Crippen molar-refractivity contribution in [2.45, 2.75) is 21.5 Å². The Bertz CT molecular complexity index is 1190. The summed E-state index contributed by atoms with van der Waals surface area (Å²) in [6.45, 7) is 0.179. The Morgan fingerprint density at radius 3 is 2.15 bits per heavy atom. The fourth-order valence-corrected chi connectivity index (χ4v) is 6.79. The predicted molar refractivity (Wildman–Crippen MR) is 105 cm³/mol. The Kier molecular flexibility index (Phi) is 4.53. The topological polar surface area (TPSA) is 71.5 Å². The molecule has 0 aliphatic carbocycles. The third-order valence-electron chi connectivity index (χ3n) is 4.98. The second-order valence-electron chi connectivity index (χ2n) is 6.64. The molecule has 1 atom stereocenters. The summed E-state index contributed by atoms with van der Waals surface area (Å²) in [5.74, 6) is 0. The van der Waals surface area contributed by atoms with E-state index in [4.69, 9.17) is 0 Å². The number of fused-ring (bicyclic) bond motifs is 1. The molecule has 0 spiro atoms. The first-order chi connectivity index (χ1) is 12.9. The zero-order valence-electron chi connectivity index (χ0n) is 14.5. The van der Waals surface area contributed by atoms with Crippen LogP contribution >= 0.6 is 0 Å². The molecular weight excluding hydrogens is 382 g/mol. The van der Waals surface area contributed by atoms with Crippen LogP contribution in [0, 0.1) is 0 Å². The van der Waals surface area contributed by atoms with Crippen LogP contribution in [0.1, 0.15) is 6.42 Å². The van der Waals surface area contributed by atoms with Gasteiger partial charge in [0, 0.05) is 13.1 Å². The fraction of sp³-hybridized carbons (Fsp3) is 0.200. The highest BCUT2D eigenvalue weighted by atomic mass is 32.2. The minimum Gasteiger partial charge on any atom is -0.223 e. The van der Waals surface area contributed by atoms with Gasteiger partial charge in [-0.25, -0.2) is 16.8 Å². The molecule has 1 saturated heterocycles. The first kappa shape index (κ1) is 18.2. The van der Waals surface area contributed by atoms with Crippen LogP contribution in [0.5, 0.6) is 0 Å². The standard InChI is InChI=1S/C20H19NO4S2/c22-26(23,18-8-2-1-3-9-18)20-12-13-21(15-20)27(24,25)19-11-10-16-6-4-5-7-17(16)14-19/h1-11,14,20H,12-13,15H2. The molecular formula is C20H19NO4S2. The molecule has 0 N–H and O–H groups in total. The van der Waals surface area contributed by atoms with Crippen LogP contribution < -0.4 is 0 Å². The number of sulfonamides is 1. The van der Waals surface area contributed by atoms with Crippen molar-refractivity contribution in [3.8, 4) is 0 Å². The molecule has 4 rings (SSSR count). The normalized spacial score (nSPS) is 18.7. The summed E-state index contributed by atoms with van der Waals surface area (Å²) in [5, 5.41) is 1.07. The maximum absolute atomic E-state index is 13.0. The van der Waals surface area contributed by atoms with E-state index in [2.05, 4.69) is 0 Å². The lowest BCUT2D eigenvalue weighted by Crippen LogP contribution is -2.32. The molecule has 0 aromatic heterocycles. The van der Waals surface area contributed by atoms with Gasteiger partial charge in [-0.3, -0.25) is 0 Å². The van der Waals surface area contributed by atoms with E-state index in [-0.39, 0.29) is 22.9 Å². The molecule has 0 bridgehead atoms. The van der Waals surface area contributed by atoms with Gasteiger partial charge in [-0.1, -0.05) is 48.5 Å². The largest absolute Gasteiger partial charge is 0.243 e. The van der Waals surface area contributed by atoms with Gasteiger partial charge < -0.3 is 0 Å². The molecule has 1 fully saturated rings. The van der Waals surface area contributed by atoms with Crippen molar-refractivity contribution in [1.82, 2.24) is 4.31 Å². The highest BCUT2D eigenvalue weighted by Crippen LogP contribution is 2.29. The average Bonchev–Trinajstić information content (AvgIpc) is 3.20. The number of hydrogen-bond donors (Lipinski definition) is 0. The monoisotopic (exact) mass is 401 g/mol. The Balaban J connectivity index is 1.62. The number of rotatable bonds is 4. The third-order valence-corrected chi connectivity index (χ3v) is 9.03. The summed E-state index contributed by atoms with van der Waals surface area (Å²) < 4.78 is 52.9. The second-order valence-corrected chi connectivity index (χ2v) is 10.8. The zero-order valence-corrected chi connectivity index (χ0v) is 16.2. The lowest BCUT2D eigenvalue weighted by atomic mass is 10.1. The molecule has 1 heterocycles. The summed E-state index contributed by atoms with van der Waals surface area (Å²) in [7, 11) is -7.29. The highest BCUT2D eigenvalue weighted by Gasteiger charge is 2.39. The molecule has 1 unspecified atom stereocenters. The predicted octanol–water partition coefficient (Wildman–Crippen LogP) is 3.08. The van der Waals surface area contributed by atoms with E-state index in [0.29, 0.717) is 6.42 Å². The number of benzene rings is 3. The van der Waals surface area contributed by atoms with Crippen molar-refractivity contribution >= 4 is 30.6 Å². The van der Waals surface area contributed by atoms with Crippen LogP contribution in [-0.4, -0.2) is 39.5 Å². The summed E-state index contributed by atoms with van der Waals surface area (Å²) >= 11 is 0. The van der Waals surface area contributed by atoms with Crippen molar-refractivity contribution in [2.75, 3.05) is 13.1 Å². The van der Waals surface area contributed by atoms with Crippen molar-refractivity contribution < 1.29 is 16.8 Å². The van der Waals surface area contributed by atoms with E-state index < -0.39 is 25.1 Å². The van der Waals surface area contributed by atoms with E-state index in [1.807, 2.05) is 24.3 Å². The van der Waals surface area contributed by atoms with Gasteiger partial charge in [-0.05, 0) is 41.5 Å². The van der Waals surface area contributed by atoms with Crippen LogP contribution in [0.4, 0.5) is 0 Å². The lowest BCUT2D eigenvalue weighted by Gasteiger charge is -2.17. The van der Waals surface area contributed by atoms with Crippen LogP contribution in [0.15, 0.2) is 82.6 Å².